The molecule has 0 aliphatic carbocycles. The smallest absolute Gasteiger partial charge is 0.119 e. The third-order valence-corrected chi connectivity index (χ3v) is 6.77. The van der Waals surface area contributed by atoms with E-state index in [1.54, 1.807) is 7.11 Å². The Balaban J connectivity index is 1.32. The molecule has 0 aliphatic heterocycles. The van der Waals surface area contributed by atoms with E-state index in [0.29, 0.717) is 0 Å². The van der Waals surface area contributed by atoms with Crippen LogP contribution in [0.4, 0.5) is 17.1 Å². The van der Waals surface area contributed by atoms with Gasteiger partial charge in [-0.3, -0.25) is 0 Å². The molecule has 0 saturated heterocycles. The molecule has 2 heteroatoms. The summed E-state index contributed by atoms with van der Waals surface area (Å²) in [7, 11) is 1.69. The zero-order valence-corrected chi connectivity index (χ0v) is 20.7. The van der Waals surface area contributed by atoms with Crippen LogP contribution in [0.3, 0.4) is 0 Å². The van der Waals surface area contributed by atoms with Gasteiger partial charge in [-0.05, 0) is 81.2 Å². The number of hydrogen-bond donors (Lipinski definition) is 0. The van der Waals surface area contributed by atoms with Gasteiger partial charge in [-0.25, -0.2) is 0 Å². The monoisotopic (exact) mass is 477 g/mol. The molecule has 6 aromatic carbocycles. The van der Waals surface area contributed by atoms with Gasteiger partial charge in [0, 0.05) is 17.1 Å². The Morgan fingerprint density at radius 2 is 1.14 bits per heavy atom. The topological polar surface area (TPSA) is 12.5 Å². The van der Waals surface area contributed by atoms with Crippen LogP contribution in [-0.2, 0) is 0 Å². The van der Waals surface area contributed by atoms with Gasteiger partial charge in [-0.2, -0.15) is 0 Å². The minimum atomic E-state index is 0.846. The van der Waals surface area contributed by atoms with Crippen molar-refractivity contribution < 1.29 is 4.74 Å². The minimum absolute atomic E-state index is 0.846. The summed E-state index contributed by atoms with van der Waals surface area (Å²) in [6.45, 7) is 0. The Kier molecular flexibility index (Phi) is 6.14. The van der Waals surface area contributed by atoms with E-state index < -0.39 is 0 Å². The highest BCUT2D eigenvalue weighted by atomic mass is 16.5. The number of para-hydroxylation sites is 1. The molecule has 0 fully saturated rings. The van der Waals surface area contributed by atoms with E-state index in [9.17, 15) is 0 Å². The zero-order valence-electron chi connectivity index (χ0n) is 20.7. The summed E-state index contributed by atoms with van der Waals surface area (Å²) in [5.74, 6) is 0.846. The lowest BCUT2D eigenvalue weighted by Gasteiger charge is -2.25. The summed E-state index contributed by atoms with van der Waals surface area (Å²) < 4.78 is 5.36. The molecule has 178 valence electrons. The van der Waals surface area contributed by atoms with Crippen molar-refractivity contribution in [2.45, 2.75) is 0 Å². The maximum absolute atomic E-state index is 5.36. The largest absolute Gasteiger partial charge is 0.497 e. The molecule has 0 spiro atoms. The first-order valence-electron chi connectivity index (χ1n) is 12.5. The summed E-state index contributed by atoms with van der Waals surface area (Å²) >= 11 is 0. The molecule has 0 saturated carbocycles. The molecule has 2 nitrogen and oxygen atoms in total. The highest BCUT2D eigenvalue weighted by Gasteiger charge is 2.12. The SMILES string of the molecule is COc1ccc(N(c2ccccc2)c2ccc(/C=C/c3cccc4c3ccc3ccccc34)cc2)cc1. The second kappa shape index (κ2) is 10.0. The number of anilines is 3. The molecule has 6 rings (SSSR count). The van der Waals surface area contributed by atoms with E-state index in [1.165, 1.54) is 27.1 Å². The third-order valence-electron chi connectivity index (χ3n) is 6.77. The summed E-state index contributed by atoms with van der Waals surface area (Å²) in [6.07, 6.45) is 4.40. The highest BCUT2D eigenvalue weighted by molar-refractivity contribution is 6.10. The second-order valence-electron chi connectivity index (χ2n) is 9.02. The third kappa shape index (κ3) is 4.57. The van der Waals surface area contributed by atoms with Crippen LogP contribution in [-0.4, -0.2) is 7.11 Å². The number of hydrogen-bond acceptors (Lipinski definition) is 2. The van der Waals surface area contributed by atoms with Crippen molar-refractivity contribution in [2.75, 3.05) is 12.0 Å². The molecule has 37 heavy (non-hydrogen) atoms. The molecule has 0 amide bonds. The van der Waals surface area contributed by atoms with Gasteiger partial charge in [0.25, 0.3) is 0 Å². The van der Waals surface area contributed by atoms with Crippen molar-refractivity contribution in [1.29, 1.82) is 0 Å². The normalized spacial score (nSPS) is 11.3. The van der Waals surface area contributed by atoms with Gasteiger partial charge in [-0.15, -0.1) is 0 Å². The quantitative estimate of drug-likeness (QED) is 0.175. The summed E-state index contributed by atoms with van der Waals surface area (Å²) in [5.41, 5.74) is 5.67. The van der Waals surface area contributed by atoms with Gasteiger partial charge in [-0.1, -0.05) is 97.1 Å². The Hall–Kier alpha value is -4.82. The van der Waals surface area contributed by atoms with Gasteiger partial charge in [0.15, 0.2) is 0 Å². The standard InChI is InChI=1S/C35H27NO/c1-37-32-23-21-31(22-24-32)36(29-10-3-2-4-11-29)30-19-15-26(16-20-30)14-17-28-9-7-13-35-33-12-6-5-8-27(33)18-25-34(28)35/h2-25H,1H3/b17-14+. The average Bonchev–Trinajstić information content (AvgIpc) is 2.97. The molecule has 0 aliphatic rings. The van der Waals surface area contributed by atoms with Crippen LogP contribution in [0.5, 0.6) is 5.75 Å². The van der Waals surface area contributed by atoms with Crippen LogP contribution in [0, 0.1) is 0 Å². The molecule has 0 radical (unpaired) electrons. The van der Waals surface area contributed by atoms with E-state index in [0.717, 1.165) is 28.4 Å². The molecule has 0 aromatic heterocycles. The fraction of sp³-hybridized carbons (Fsp3) is 0.0286. The van der Waals surface area contributed by atoms with Crippen LogP contribution in [0.15, 0.2) is 133 Å². The van der Waals surface area contributed by atoms with E-state index in [4.69, 9.17) is 4.74 Å². The Morgan fingerprint density at radius 3 is 1.89 bits per heavy atom. The molecular formula is C35H27NO. The summed E-state index contributed by atoms with van der Waals surface area (Å²) in [6, 6.07) is 46.8. The van der Waals surface area contributed by atoms with Gasteiger partial charge >= 0.3 is 0 Å². The van der Waals surface area contributed by atoms with Gasteiger partial charge in [0.1, 0.15) is 5.75 Å². The average molecular weight is 478 g/mol. The Morgan fingerprint density at radius 1 is 0.486 bits per heavy atom. The molecule has 0 heterocycles. The lowest BCUT2D eigenvalue weighted by molar-refractivity contribution is 0.415. The molecule has 6 aromatic rings. The first kappa shape index (κ1) is 22.6. The van der Waals surface area contributed by atoms with Crippen molar-refractivity contribution in [1.82, 2.24) is 0 Å². The van der Waals surface area contributed by atoms with Crippen LogP contribution in [0.2, 0.25) is 0 Å². The Bertz CT molecular complexity index is 1680. The molecule has 0 bridgehead atoms. The fourth-order valence-electron chi connectivity index (χ4n) is 4.89. The number of rotatable bonds is 6. The van der Waals surface area contributed by atoms with Crippen LogP contribution >= 0.6 is 0 Å². The minimum Gasteiger partial charge on any atom is -0.497 e. The number of ether oxygens (including phenoxy) is 1. The highest BCUT2D eigenvalue weighted by Crippen LogP contribution is 2.35. The van der Waals surface area contributed by atoms with Crippen molar-refractivity contribution in [3.63, 3.8) is 0 Å². The zero-order chi connectivity index (χ0) is 25.0. The Labute approximate surface area is 217 Å². The predicted octanol–water partition coefficient (Wildman–Crippen LogP) is 9.64. The second-order valence-corrected chi connectivity index (χ2v) is 9.02. The van der Waals surface area contributed by atoms with E-state index in [-0.39, 0.29) is 0 Å². The molecular weight excluding hydrogens is 450 g/mol. The first-order chi connectivity index (χ1) is 18.3. The van der Waals surface area contributed by atoms with E-state index >= 15 is 0 Å². The fourth-order valence-corrected chi connectivity index (χ4v) is 4.89. The summed E-state index contributed by atoms with van der Waals surface area (Å²) in [4.78, 5) is 2.25. The van der Waals surface area contributed by atoms with E-state index in [2.05, 4.69) is 132 Å². The first-order valence-corrected chi connectivity index (χ1v) is 12.5. The lowest BCUT2D eigenvalue weighted by Crippen LogP contribution is -2.09. The lowest BCUT2D eigenvalue weighted by atomic mass is 9.98. The maximum atomic E-state index is 5.36. The maximum Gasteiger partial charge on any atom is 0.119 e. The van der Waals surface area contributed by atoms with Crippen molar-refractivity contribution in [3.8, 4) is 5.75 Å². The van der Waals surface area contributed by atoms with E-state index in [1.807, 2.05) is 18.2 Å². The van der Waals surface area contributed by atoms with Crippen LogP contribution in [0.1, 0.15) is 11.1 Å². The van der Waals surface area contributed by atoms with Crippen molar-refractivity contribution >= 4 is 50.8 Å². The molecule has 0 unspecified atom stereocenters. The predicted molar refractivity (Wildman–Crippen MR) is 158 cm³/mol. The number of nitrogens with zero attached hydrogens (tertiary/aromatic N) is 1. The van der Waals surface area contributed by atoms with Crippen LogP contribution in [0.25, 0.3) is 33.7 Å². The molecule has 0 atom stereocenters. The van der Waals surface area contributed by atoms with Gasteiger partial charge < -0.3 is 9.64 Å². The number of methoxy groups -OCH3 is 1. The van der Waals surface area contributed by atoms with Crippen LogP contribution < -0.4 is 9.64 Å². The van der Waals surface area contributed by atoms with Gasteiger partial charge in [0.05, 0.1) is 7.11 Å². The summed E-state index contributed by atoms with van der Waals surface area (Å²) in [5, 5.41) is 5.11. The number of benzene rings is 6. The van der Waals surface area contributed by atoms with Gasteiger partial charge in [0.2, 0.25) is 0 Å². The van der Waals surface area contributed by atoms with Crippen molar-refractivity contribution in [2.24, 2.45) is 0 Å². The molecule has 0 N–H and O–H groups in total. The van der Waals surface area contributed by atoms with Crippen molar-refractivity contribution in [3.05, 3.63) is 145 Å². The number of fused-ring (bicyclic) bond motifs is 3.